The van der Waals surface area contributed by atoms with Crippen LogP contribution >= 0.6 is 0 Å². The predicted octanol–water partition coefficient (Wildman–Crippen LogP) is 0.483. The van der Waals surface area contributed by atoms with Gasteiger partial charge in [-0.1, -0.05) is 6.07 Å². The molecular formula is C11H15NO4. The Morgan fingerprint density at radius 3 is 2.44 bits per heavy atom. The van der Waals surface area contributed by atoms with Gasteiger partial charge in [-0.25, -0.2) is 0 Å². The van der Waals surface area contributed by atoms with Crippen molar-refractivity contribution < 1.29 is 19.4 Å². The second-order valence-corrected chi connectivity index (χ2v) is 3.13. The van der Waals surface area contributed by atoms with E-state index in [4.69, 9.17) is 9.47 Å². The molecule has 0 saturated heterocycles. The van der Waals surface area contributed by atoms with Gasteiger partial charge in [0.05, 0.1) is 14.2 Å². The molecule has 0 aliphatic heterocycles. The normalized spacial score (nSPS) is 11.8. The van der Waals surface area contributed by atoms with Gasteiger partial charge < -0.3 is 19.9 Å². The maximum atomic E-state index is 11.2. The second kappa shape index (κ2) is 5.37. The minimum atomic E-state index is -1.20. The highest BCUT2D eigenvalue weighted by Crippen LogP contribution is 2.29. The number of carbonyl (C=O) groups is 1. The first-order valence-corrected chi connectivity index (χ1v) is 4.75. The average molecular weight is 225 g/mol. The van der Waals surface area contributed by atoms with Gasteiger partial charge >= 0.3 is 0 Å². The van der Waals surface area contributed by atoms with Gasteiger partial charge in [0.1, 0.15) is 0 Å². The van der Waals surface area contributed by atoms with Crippen LogP contribution in [0.3, 0.4) is 0 Å². The van der Waals surface area contributed by atoms with E-state index in [1.165, 1.54) is 21.3 Å². The monoisotopic (exact) mass is 225 g/mol. The topological polar surface area (TPSA) is 67.8 Å². The lowest BCUT2D eigenvalue weighted by Gasteiger charge is -2.12. The lowest BCUT2D eigenvalue weighted by molar-refractivity contribution is -0.129. The zero-order chi connectivity index (χ0) is 12.1. The van der Waals surface area contributed by atoms with E-state index in [0.717, 1.165) is 0 Å². The van der Waals surface area contributed by atoms with Gasteiger partial charge in [-0.15, -0.1) is 0 Å². The quantitative estimate of drug-likeness (QED) is 0.782. The fourth-order valence-corrected chi connectivity index (χ4v) is 1.31. The van der Waals surface area contributed by atoms with E-state index in [2.05, 4.69) is 5.32 Å². The molecule has 88 valence electrons. The first-order chi connectivity index (χ1) is 7.63. The number of benzene rings is 1. The van der Waals surface area contributed by atoms with E-state index >= 15 is 0 Å². The van der Waals surface area contributed by atoms with Crippen molar-refractivity contribution in [3.8, 4) is 11.5 Å². The Kier molecular flexibility index (Phi) is 4.13. The maximum absolute atomic E-state index is 11.2. The Morgan fingerprint density at radius 2 is 1.94 bits per heavy atom. The molecule has 0 aliphatic rings. The molecule has 5 heteroatoms. The molecule has 16 heavy (non-hydrogen) atoms. The number of likely N-dealkylation sites (N-methyl/N-ethyl adjacent to an activating group) is 1. The summed E-state index contributed by atoms with van der Waals surface area (Å²) in [6.45, 7) is 0. The number of amides is 1. The Balaban J connectivity index is 3.03. The van der Waals surface area contributed by atoms with Crippen molar-refractivity contribution in [3.63, 3.8) is 0 Å². The number of hydrogen-bond acceptors (Lipinski definition) is 4. The van der Waals surface area contributed by atoms with Crippen molar-refractivity contribution in [2.45, 2.75) is 6.10 Å². The number of aliphatic hydroxyl groups is 1. The smallest absolute Gasteiger partial charge is 0.253 e. The van der Waals surface area contributed by atoms with Gasteiger partial charge in [0.2, 0.25) is 0 Å². The maximum Gasteiger partial charge on any atom is 0.253 e. The molecule has 2 N–H and O–H groups in total. The molecule has 0 fully saturated rings. The molecule has 0 bridgehead atoms. The predicted molar refractivity (Wildman–Crippen MR) is 58.6 cm³/mol. The van der Waals surface area contributed by atoms with Crippen LogP contribution in [0.4, 0.5) is 0 Å². The van der Waals surface area contributed by atoms with Crippen molar-refractivity contribution >= 4 is 5.91 Å². The number of rotatable bonds is 4. The number of carbonyl (C=O) groups excluding carboxylic acids is 1. The second-order valence-electron chi connectivity index (χ2n) is 3.13. The summed E-state index contributed by atoms with van der Waals surface area (Å²) in [4.78, 5) is 11.2. The third-order valence-electron chi connectivity index (χ3n) is 2.22. The molecular weight excluding hydrogens is 210 g/mol. The summed E-state index contributed by atoms with van der Waals surface area (Å²) in [5.41, 5.74) is 0.456. The summed E-state index contributed by atoms with van der Waals surface area (Å²) < 4.78 is 10.1. The summed E-state index contributed by atoms with van der Waals surface area (Å²) in [7, 11) is 4.48. The van der Waals surface area contributed by atoms with Gasteiger partial charge in [0.15, 0.2) is 17.6 Å². The minimum Gasteiger partial charge on any atom is -0.493 e. The summed E-state index contributed by atoms with van der Waals surface area (Å²) in [6.07, 6.45) is -1.20. The Hall–Kier alpha value is -1.75. The summed E-state index contributed by atoms with van der Waals surface area (Å²) >= 11 is 0. The fourth-order valence-electron chi connectivity index (χ4n) is 1.31. The average Bonchev–Trinajstić information content (AvgIpc) is 2.35. The van der Waals surface area contributed by atoms with Crippen LogP contribution in [0.25, 0.3) is 0 Å². The molecule has 1 aromatic rings. The molecule has 1 rings (SSSR count). The zero-order valence-electron chi connectivity index (χ0n) is 9.48. The summed E-state index contributed by atoms with van der Waals surface area (Å²) in [5.74, 6) is 0.561. The molecule has 0 unspecified atom stereocenters. The van der Waals surface area contributed by atoms with Crippen molar-refractivity contribution in [3.05, 3.63) is 23.8 Å². The van der Waals surface area contributed by atoms with Crippen LogP contribution in [-0.4, -0.2) is 32.3 Å². The van der Waals surface area contributed by atoms with Crippen LogP contribution in [0, 0.1) is 0 Å². The first-order valence-electron chi connectivity index (χ1n) is 4.75. The Bertz CT molecular complexity index is 378. The molecule has 1 aromatic carbocycles. The number of aliphatic hydroxyl groups excluding tert-OH is 1. The van der Waals surface area contributed by atoms with E-state index in [1.807, 2.05) is 0 Å². The van der Waals surface area contributed by atoms with Crippen LogP contribution in [0.5, 0.6) is 11.5 Å². The van der Waals surface area contributed by atoms with E-state index in [1.54, 1.807) is 18.2 Å². The standard InChI is InChI=1S/C11H15NO4/c1-12-11(14)10(13)7-4-5-8(15-2)9(6-7)16-3/h4-6,10,13H,1-3H3,(H,12,14)/t10-/m1/s1. The molecule has 5 nitrogen and oxygen atoms in total. The van der Waals surface area contributed by atoms with Gasteiger partial charge in [0.25, 0.3) is 5.91 Å². The highest BCUT2D eigenvalue weighted by molar-refractivity contribution is 5.81. The number of methoxy groups -OCH3 is 2. The summed E-state index contributed by atoms with van der Waals surface area (Å²) in [6, 6.07) is 4.82. The van der Waals surface area contributed by atoms with E-state index in [-0.39, 0.29) is 0 Å². The zero-order valence-corrected chi connectivity index (χ0v) is 9.48. The fraction of sp³-hybridized carbons (Fsp3) is 0.364. The van der Waals surface area contributed by atoms with Gasteiger partial charge in [-0.3, -0.25) is 4.79 Å². The first kappa shape index (κ1) is 12.3. The lowest BCUT2D eigenvalue weighted by Crippen LogP contribution is -2.25. The molecule has 0 saturated carbocycles. The van der Waals surface area contributed by atoms with Crippen LogP contribution in [-0.2, 0) is 4.79 Å². The SMILES string of the molecule is CNC(=O)[C@H](O)c1ccc(OC)c(OC)c1. The third kappa shape index (κ3) is 2.43. The molecule has 0 aromatic heterocycles. The Morgan fingerprint density at radius 1 is 1.31 bits per heavy atom. The van der Waals surface area contributed by atoms with Crippen molar-refractivity contribution in [2.24, 2.45) is 0 Å². The number of nitrogens with one attached hydrogen (secondary N) is 1. The van der Waals surface area contributed by atoms with E-state index < -0.39 is 12.0 Å². The van der Waals surface area contributed by atoms with Gasteiger partial charge in [0, 0.05) is 7.05 Å². The highest BCUT2D eigenvalue weighted by Gasteiger charge is 2.17. The molecule has 1 amide bonds. The van der Waals surface area contributed by atoms with Gasteiger partial charge in [-0.2, -0.15) is 0 Å². The van der Waals surface area contributed by atoms with E-state index in [9.17, 15) is 9.90 Å². The number of ether oxygens (including phenoxy) is 2. The highest BCUT2D eigenvalue weighted by atomic mass is 16.5. The largest absolute Gasteiger partial charge is 0.493 e. The van der Waals surface area contributed by atoms with Crippen molar-refractivity contribution in [1.82, 2.24) is 5.32 Å². The van der Waals surface area contributed by atoms with Gasteiger partial charge in [-0.05, 0) is 17.7 Å². The lowest BCUT2D eigenvalue weighted by atomic mass is 10.1. The Labute approximate surface area is 94.0 Å². The molecule has 0 heterocycles. The minimum absolute atomic E-state index is 0.456. The third-order valence-corrected chi connectivity index (χ3v) is 2.22. The summed E-state index contributed by atoms with van der Waals surface area (Å²) in [5, 5.41) is 12.0. The van der Waals surface area contributed by atoms with Crippen molar-refractivity contribution in [2.75, 3.05) is 21.3 Å². The van der Waals surface area contributed by atoms with Crippen LogP contribution in [0.15, 0.2) is 18.2 Å². The van der Waals surface area contributed by atoms with Crippen LogP contribution in [0.1, 0.15) is 11.7 Å². The molecule has 1 atom stereocenters. The van der Waals surface area contributed by atoms with Crippen LogP contribution in [0.2, 0.25) is 0 Å². The van der Waals surface area contributed by atoms with Crippen LogP contribution < -0.4 is 14.8 Å². The molecule has 0 spiro atoms. The van der Waals surface area contributed by atoms with Crippen molar-refractivity contribution in [1.29, 1.82) is 0 Å². The molecule has 0 radical (unpaired) electrons. The molecule has 0 aliphatic carbocycles. The number of hydrogen-bond donors (Lipinski definition) is 2. The van der Waals surface area contributed by atoms with E-state index in [0.29, 0.717) is 17.1 Å².